The molecular formula is C15H18OS. The van der Waals surface area contributed by atoms with E-state index in [0.717, 1.165) is 6.42 Å². The lowest BCUT2D eigenvalue weighted by molar-refractivity contribution is 0.475. The lowest BCUT2D eigenvalue weighted by Crippen LogP contribution is -1.82. The molecule has 2 rings (SSSR count). The van der Waals surface area contributed by atoms with E-state index in [1.165, 1.54) is 15.3 Å². The van der Waals surface area contributed by atoms with Gasteiger partial charge < -0.3 is 5.11 Å². The van der Waals surface area contributed by atoms with Crippen LogP contribution in [0.2, 0.25) is 0 Å². The molecule has 0 aliphatic heterocycles. The van der Waals surface area contributed by atoms with Gasteiger partial charge in [-0.3, -0.25) is 0 Å². The smallest absolute Gasteiger partial charge is 0.115 e. The molecule has 0 atom stereocenters. The first-order valence-corrected chi connectivity index (χ1v) is 6.37. The summed E-state index contributed by atoms with van der Waals surface area (Å²) < 4.78 is 0. The number of phenolic OH excluding ortho intramolecular Hbond substituents is 1. The standard InChI is InChI=1S/C12H12OS.C3H6/c1-9-2-7-12(14-9)8-10-3-5-11(13)6-4-10;1-3-2/h2-7,13H,8H2,1H3;3H,1H2,2H3. The summed E-state index contributed by atoms with van der Waals surface area (Å²) in [5, 5.41) is 9.13. The van der Waals surface area contributed by atoms with Gasteiger partial charge >= 0.3 is 0 Å². The lowest BCUT2D eigenvalue weighted by Gasteiger charge is -1.98. The molecule has 2 aromatic rings. The first-order valence-electron chi connectivity index (χ1n) is 5.56. The second-order valence-corrected chi connectivity index (χ2v) is 5.14. The van der Waals surface area contributed by atoms with E-state index in [4.69, 9.17) is 5.11 Å². The van der Waals surface area contributed by atoms with Crippen LogP contribution in [0.4, 0.5) is 0 Å². The Morgan fingerprint density at radius 2 is 1.76 bits per heavy atom. The molecule has 2 heteroatoms. The van der Waals surface area contributed by atoms with E-state index in [9.17, 15) is 0 Å². The number of benzene rings is 1. The van der Waals surface area contributed by atoms with Gasteiger partial charge in [-0.05, 0) is 43.7 Å². The van der Waals surface area contributed by atoms with E-state index >= 15 is 0 Å². The minimum absolute atomic E-state index is 0.330. The van der Waals surface area contributed by atoms with Crippen LogP contribution in [0, 0.1) is 6.92 Å². The molecule has 0 saturated carbocycles. The van der Waals surface area contributed by atoms with Gasteiger partial charge in [0, 0.05) is 16.2 Å². The molecule has 1 aromatic heterocycles. The number of aryl methyl sites for hydroxylation is 1. The molecule has 0 bridgehead atoms. The lowest BCUT2D eigenvalue weighted by atomic mass is 10.1. The highest BCUT2D eigenvalue weighted by Gasteiger charge is 1.98. The Labute approximate surface area is 107 Å². The van der Waals surface area contributed by atoms with Gasteiger partial charge in [-0.2, -0.15) is 0 Å². The van der Waals surface area contributed by atoms with Gasteiger partial charge in [0.2, 0.25) is 0 Å². The number of thiophene rings is 1. The number of hydrogen-bond acceptors (Lipinski definition) is 2. The normalized spacial score (nSPS) is 9.29. The van der Waals surface area contributed by atoms with Crippen LogP contribution < -0.4 is 0 Å². The average Bonchev–Trinajstić information content (AvgIpc) is 2.69. The minimum atomic E-state index is 0.330. The van der Waals surface area contributed by atoms with Gasteiger partial charge in [-0.25, -0.2) is 0 Å². The summed E-state index contributed by atoms with van der Waals surface area (Å²) >= 11 is 1.82. The predicted molar refractivity (Wildman–Crippen MR) is 75.8 cm³/mol. The molecule has 1 heterocycles. The number of rotatable bonds is 2. The monoisotopic (exact) mass is 246 g/mol. The molecule has 0 fully saturated rings. The fourth-order valence-corrected chi connectivity index (χ4v) is 2.32. The molecule has 0 aliphatic carbocycles. The van der Waals surface area contributed by atoms with Crippen molar-refractivity contribution in [3.63, 3.8) is 0 Å². The van der Waals surface area contributed by atoms with E-state index < -0.39 is 0 Å². The first kappa shape index (κ1) is 13.5. The molecule has 1 N–H and O–H groups in total. The van der Waals surface area contributed by atoms with Crippen molar-refractivity contribution in [2.24, 2.45) is 0 Å². The molecule has 1 nitrogen and oxygen atoms in total. The van der Waals surface area contributed by atoms with Gasteiger partial charge in [-0.15, -0.1) is 17.9 Å². The molecule has 0 spiro atoms. The highest BCUT2D eigenvalue weighted by atomic mass is 32.1. The molecular weight excluding hydrogens is 228 g/mol. The van der Waals surface area contributed by atoms with E-state index in [0.29, 0.717) is 5.75 Å². The molecule has 0 amide bonds. The number of aromatic hydroxyl groups is 1. The predicted octanol–water partition coefficient (Wildman–Crippen LogP) is 4.55. The Morgan fingerprint density at radius 3 is 2.24 bits per heavy atom. The molecule has 0 unspecified atom stereocenters. The molecule has 17 heavy (non-hydrogen) atoms. The molecule has 90 valence electrons. The third-order valence-electron chi connectivity index (χ3n) is 2.11. The Bertz CT molecular complexity index is 454. The quantitative estimate of drug-likeness (QED) is 0.771. The zero-order valence-corrected chi connectivity index (χ0v) is 11.1. The van der Waals surface area contributed by atoms with Crippen LogP contribution in [0.15, 0.2) is 49.1 Å². The Kier molecular flexibility index (Phi) is 5.50. The zero-order chi connectivity index (χ0) is 12.7. The highest BCUT2D eigenvalue weighted by Crippen LogP contribution is 2.20. The van der Waals surface area contributed by atoms with E-state index in [1.807, 2.05) is 30.4 Å². The summed E-state index contributed by atoms with van der Waals surface area (Å²) in [6.45, 7) is 7.37. The van der Waals surface area contributed by atoms with E-state index in [1.54, 1.807) is 18.2 Å². The van der Waals surface area contributed by atoms with Crippen LogP contribution in [0.1, 0.15) is 22.2 Å². The second kappa shape index (κ2) is 6.92. The Balaban J connectivity index is 0.000000437. The fraction of sp³-hybridized carbons (Fsp3) is 0.200. The van der Waals surface area contributed by atoms with Crippen molar-refractivity contribution in [3.05, 3.63) is 64.4 Å². The molecule has 0 saturated heterocycles. The first-order chi connectivity index (χ1) is 8.15. The van der Waals surface area contributed by atoms with Crippen molar-refractivity contribution in [3.8, 4) is 5.75 Å². The van der Waals surface area contributed by atoms with E-state index in [2.05, 4.69) is 25.6 Å². The van der Waals surface area contributed by atoms with Gasteiger partial charge in [0.25, 0.3) is 0 Å². The minimum Gasteiger partial charge on any atom is -0.508 e. The van der Waals surface area contributed by atoms with Crippen LogP contribution in [0.5, 0.6) is 5.75 Å². The maximum absolute atomic E-state index is 9.13. The number of allylic oxidation sites excluding steroid dienone is 1. The van der Waals surface area contributed by atoms with E-state index in [-0.39, 0.29) is 0 Å². The van der Waals surface area contributed by atoms with Crippen LogP contribution in [0.3, 0.4) is 0 Å². The molecule has 0 radical (unpaired) electrons. The van der Waals surface area contributed by atoms with Crippen LogP contribution in [-0.4, -0.2) is 5.11 Å². The largest absolute Gasteiger partial charge is 0.508 e. The van der Waals surface area contributed by atoms with Crippen LogP contribution in [0.25, 0.3) is 0 Å². The van der Waals surface area contributed by atoms with Crippen molar-refractivity contribution in [2.75, 3.05) is 0 Å². The average molecular weight is 246 g/mol. The van der Waals surface area contributed by atoms with Crippen molar-refractivity contribution in [2.45, 2.75) is 20.3 Å². The third kappa shape index (κ3) is 4.87. The summed E-state index contributed by atoms with van der Waals surface area (Å²) in [4.78, 5) is 2.71. The fourth-order valence-electron chi connectivity index (χ4n) is 1.40. The summed E-state index contributed by atoms with van der Waals surface area (Å²) in [5.41, 5.74) is 1.24. The second-order valence-electron chi connectivity index (χ2n) is 3.76. The van der Waals surface area contributed by atoms with Crippen LogP contribution in [-0.2, 0) is 6.42 Å². The Morgan fingerprint density at radius 1 is 1.18 bits per heavy atom. The van der Waals surface area contributed by atoms with Crippen molar-refractivity contribution in [1.29, 1.82) is 0 Å². The summed E-state index contributed by atoms with van der Waals surface area (Å²) in [5.74, 6) is 0.330. The van der Waals surface area contributed by atoms with Gasteiger partial charge in [0.05, 0.1) is 0 Å². The van der Waals surface area contributed by atoms with Gasteiger partial charge in [0.1, 0.15) is 5.75 Å². The number of hydrogen-bond donors (Lipinski definition) is 1. The van der Waals surface area contributed by atoms with Crippen LogP contribution >= 0.6 is 11.3 Å². The highest BCUT2D eigenvalue weighted by molar-refractivity contribution is 7.11. The number of phenols is 1. The maximum Gasteiger partial charge on any atom is 0.115 e. The SMILES string of the molecule is C=CC.Cc1ccc(Cc2ccc(O)cc2)s1. The van der Waals surface area contributed by atoms with Gasteiger partial charge in [0.15, 0.2) is 0 Å². The maximum atomic E-state index is 9.13. The topological polar surface area (TPSA) is 20.2 Å². The summed E-state index contributed by atoms with van der Waals surface area (Å²) in [7, 11) is 0. The molecule has 1 aromatic carbocycles. The van der Waals surface area contributed by atoms with Gasteiger partial charge in [-0.1, -0.05) is 18.2 Å². The van der Waals surface area contributed by atoms with Crippen molar-refractivity contribution in [1.82, 2.24) is 0 Å². The third-order valence-corrected chi connectivity index (χ3v) is 3.11. The summed E-state index contributed by atoms with van der Waals surface area (Å²) in [6, 6.07) is 11.7. The Hall–Kier alpha value is -1.54. The van der Waals surface area contributed by atoms with Crippen molar-refractivity contribution < 1.29 is 5.11 Å². The zero-order valence-electron chi connectivity index (χ0n) is 10.3. The van der Waals surface area contributed by atoms with Crippen molar-refractivity contribution >= 4 is 11.3 Å². The molecule has 0 aliphatic rings. The summed E-state index contributed by atoms with van der Waals surface area (Å²) in [6.07, 6.45) is 2.71.